The molecule has 5 nitrogen and oxygen atoms in total. The van der Waals surface area contributed by atoms with Crippen LogP contribution in [0.3, 0.4) is 0 Å². The van der Waals surface area contributed by atoms with Crippen LogP contribution in [0.1, 0.15) is 33.1 Å². The molecule has 3 aromatic rings. The number of amides is 1. The second-order valence-electron chi connectivity index (χ2n) is 5.68. The molecule has 0 fully saturated rings. The van der Waals surface area contributed by atoms with Crippen LogP contribution in [0.5, 0.6) is 0 Å². The van der Waals surface area contributed by atoms with Gasteiger partial charge in [-0.2, -0.15) is 0 Å². The van der Waals surface area contributed by atoms with Gasteiger partial charge in [0.05, 0.1) is 17.0 Å². The molecular weight excluding hydrogens is 288 g/mol. The van der Waals surface area contributed by atoms with E-state index in [1.807, 2.05) is 45.2 Å². The molecule has 23 heavy (non-hydrogen) atoms. The molecule has 2 heterocycles. The van der Waals surface area contributed by atoms with Crippen LogP contribution in [0.2, 0.25) is 0 Å². The van der Waals surface area contributed by atoms with Gasteiger partial charge in [-0.05, 0) is 38.8 Å². The normalized spacial score (nSPS) is 10.9. The Bertz CT molecular complexity index is 843. The van der Waals surface area contributed by atoms with E-state index < -0.39 is 0 Å². The van der Waals surface area contributed by atoms with Gasteiger partial charge in [-0.3, -0.25) is 4.79 Å². The predicted octanol–water partition coefficient (Wildman–Crippen LogP) is 2.86. The summed E-state index contributed by atoms with van der Waals surface area (Å²) >= 11 is 0. The first-order valence-corrected chi connectivity index (χ1v) is 7.71. The summed E-state index contributed by atoms with van der Waals surface area (Å²) in [4.78, 5) is 24.2. The van der Waals surface area contributed by atoms with Crippen molar-refractivity contribution in [2.45, 2.75) is 27.2 Å². The lowest BCUT2D eigenvalue weighted by Crippen LogP contribution is -2.28. The van der Waals surface area contributed by atoms with Gasteiger partial charge in [-0.15, -0.1) is 0 Å². The fourth-order valence-corrected chi connectivity index (χ4v) is 2.95. The van der Waals surface area contributed by atoms with E-state index in [4.69, 9.17) is 0 Å². The molecular formula is C18H20N4O. The monoisotopic (exact) mass is 308 g/mol. The summed E-state index contributed by atoms with van der Waals surface area (Å²) in [6, 6.07) is 8.17. The number of fused-ring (bicyclic) bond motifs is 1. The molecule has 0 atom stereocenters. The van der Waals surface area contributed by atoms with E-state index in [0.29, 0.717) is 17.9 Å². The fraction of sp³-hybridized carbons (Fsp3) is 0.278. The van der Waals surface area contributed by atoms with Crippen molar-refractivity contribution in [1.82, 2.24) is 20.3 Å². The zero-order valence-electron chi connectivity index (χ0n) is 13.6. The maximum absolute atomic E-state index is 12.4. The summed E-state index contributed by atoms with van der Waals surface area (Å²) in [6.07, 6.45) is 2.78. The molecule has 0 unspecified atom stereocenters. The van der Waals surface area contributed by atoms with Gasteiger partial charge in [-0.25, -0.2) is 9.97 Å². The number of carbonyl (C=O) groups is 1. The number of carbonyl (C=O) groups excluding carboxylic acids is 1. The molecule has 0 aliphatic carbocycles. The van der Waals surface area contributed by atoms with Crippen LogP contribution in [0.4, 0.5) is 0 Å². The van der Waals surface area contributed by atoms with Crippen molar-refractivity contribution in [3.8, 4) is 0 Å². The van der Waals surface area contributed by atoms with Crippen molar-refractivity contribution >= 4 is 16.8 Å². The number of benzene rings is 1. The average molecular weight is 308 g/mol. The lowest BCUT2D eigenvalue weighted by atomic mass is 10.1. The topological polar surface area (TPSA) is 70.7 Å². The van der Waals surface area contributed by atoms with Gasteiger partial charge in [0.15, 0.2) is 0 Å². The van der Waals surface area contributed by atoms with Crippen LogP contribution < -0.4 is 5.32 Å². The first-order valence-electron chi connectivity index (χ1n) is 7.71. The quantitative estimate of drug-likeness (QED) is 0.778. The van der Waals surface area contributed by atoms with Crippen molar-refractivity contribution < 1.29 is 4.79 Å². The predicted molar refractivity (Wildman–Crippen MR) is 90.6 cm³/mol. The third-order valence-electron chi connectivity index (χ3n) is 3.96. The minimum absolute atomic E-state index is 0.111. The number of nitrogens with zero attached hydrogens (tertiary/aromatic N) is 2. The van der Waals surface area contributed by atoms with E-state index in [-0.39, 0.29) is 5.91 Å². The van der Waals surface area contributed by atoms with Crippen molar-refractivity contribution in [1.29, 1.82) is 0 Å². The summed E-state index contributed by atoms with van der Waals surface area (Å²) in [5.41, 5.74) is 4.34. The molecule has 1 aromatic carbocycles. The molecule has 0 radical (unpaired) electrons. The SMILES string of the molecule is Cc1nc(C)c(C(=O)NCCc2c[nH]c3ccccc23)c(C)n1. The third kappa shape index (κ3) is 3.08. The lowest BCUT2D eigenvalue weighted by Gasteiger charge is -2.10. The molecule has 0 spiro atoms. The number of hydrogen-bond acceptors (Lipinski definition) is 3. The van der Waals surface area contributed by atoms with E-state index >= 15 is 0 Å². The third-order valence-corrected chi connectivity index (χ3v) is 3.96. The highest BCUT2D eigenvalue weighted by atomic mass is 16.1. The number of aryl methyl sites for hydroxylation is 3. The van der Waals surface area contributed by atoms with E-state index in [2.05, 4.69) is 26.3 Å². The minimum atomic E-state index is -0.111. The average Bonchev–Trinajstić information content (AvgIpc) is 2.90. The second-order valence-corrected chi connectivity index (χ2v) is 5.68. The summed E-state index contributed by atoms with van der Waals surface area (Å²) < 4.78 is 0. The standard InChI is InChI=1S/C18H20N4O/c1-11-17(12(2)22-13(3)21-11)18(23)19-9-8-14-10-20-16-7-5-4-6-15(14)16/h4-7,10,20H,8-9H2,1-3H3,(H,19,23). The molecule has 3 rings (SSSR count). The Morgan fingerprint density at radius 2 is 1.83 bits per heavy atom. The molecule has 1 amide bonds. The number of rotatable bonds is 4. The van der Waals surface area contributed by atoms with Gasteiger partial charge in [0.2, 0.25) is 0 Å². The first-order chi connectivity index (χ1) is 11.1. The highest BCUT2D eigenvalue weighted by Crippen LogP contribution is 2.17. The number of aromatic amines is 1. The molecule has 2 N–H and O–H groups in total. The van der Waals surface area contributed by atoms with Gasteiger partial charge in [0.1, 0.15) is 5.82 Å². The Balaban J connectivity index is 1.68. The smallest absolute Gasteiger partial charge is 0.254 e. The van der Waals surface area contributed by atoms with Gasteiger partial charge in [0, 0.05) is 23.6 Å². The Kier molecular flexibility index (Phi) is 4.10. The maximum Gasteiger partial charge on any atom is 0.254 e. The molecule has 0 aliphatic heterocycles. The second kappa shape index (κ2) is 6.20. The van der Waals surface area contributed by atoms with E-state index in [9.17, 15) is 4.79 Å². The number of aromatic nitrogens is 3. The first kappa shape index (κ1) is 15.2. The van der Waals surface area contributed by atoms with Crippen LogP contribution in [0.25, 0.3) is 10.9 Å². The lowest BCUT2D eigenvalue weighted by molar-refractivity contribution is 0.0952. The van der Waals surface area contributed by atoms with Crippen LogP contribution in [0, 0.1) is 20.8 Å². The zero-order chi connectivity index (χ0) is 16.4. The molecule has 0 bridgehead atoms. The highest BCUT2D eigenvalue weighted by Gasteiger charge is 2.14. The van der Waals surface area contributed by atoms with E-state index in [0.717, 1.165) is 23.3 Å². The van der Waals surface area contributed by atoms with Gasteiger partial charge < -0.3 is 10.3 Å². The summed E-state index contributed by atoms with van der Waals surface area (Å²) in [5, 5.41) is 4.17. The van der Waals surface area contributed by atoms with Gasteiger partial charge in [-0.1, -0.05) is 18.2 Å². The van der Waals surface area contributed by atoms with E-state index in [1.165, 1.54) is 10.9 Å². The highest BCUT2D eigenvalue weighted by molar-refractivity contribution is 5.96. The maximum atomic E-state index is 12.4. The summed E-state index contributed by atoms with van der Waals surface area (Å²) in [6.45, 7) is 6.10. The van der Waals surface area contributed by atoms with Crippen LogP contribution >= 0.6 is 0 Å². The number of H-pyrrole nitrogens is 1. The Hall–Kier alpha value is -2.69. The van der Waals surface area contributed by atoms with Gasteiger partial charge in [0.25, 0.3) is 5.91 Å². The molecule has 0 saturated heterocycles. The van der Waals surface area contributed by atoms with Crippen molar-refractivity contribution in [2.24, 2.45) is 0 Å². The summed E-state index contributed by atoms with van der Waals surface area (Å²) in [7, 11) is 0. The van der Waals surface area contributed by atoms with Crippen molar-refractivity contribution in [3.63, 3.8) is 0 Å². The Labute approximate surface area is 135 Å². The van der Waals surface area contributed by atoms with Crippen LogP contribution in [0.15, 0.2) is 30.5 Å². The van der Waals surface area contributed by atoms with Crippen molar-refractivity contribution in [3.05, 3.63) is 58.8 Å². The van der Waals surface area contributed by atoms with Crippen LogP contribution in [-0.2, 0) is 6.42 Å². The Morgan fingerprint density at radius 1 is 1.13 bits per heavy atom. The van der Waals surface area contributed by atoms with Crippen molar-refractivity contribution in [2.75, 3.05) is 6.54 Å². The fourth-order valence-electron chi connectivity index (χ4n) is 2.95. The molecule has 2 aromatic heterocycles. The molecule has 5 heteroatoms. The van der Waals surface area contributed by atoms with Crippen LogP contribution in [-0.4, -0.2) is 27.4 Å². The molecule has 0 aliphatic rings. The minimum Gasteiger partial charge on any atom is -0.361 e. The molecule has 118 valence electrons. The number of hydrogen-bond donors (Lipinski definition) is 2. The number of para-hydroxylation sites is 1. The zero-order valence-corrected chi connectivity index (χ0v) is 13.6. The largest absolute Gasteiger partial charge is 0.361 e. The van der Waals surface area contributed by atoms with E-state index in [1.54, 1.807) is 0 Å². The Morgan fingerprint density at radius 3 is 2.57 bits per heavy atom. The number of nitrogens with one attached hydrogen (secondary N) is 2. The summed E-state index contributed by atoms with van der Waals surface area (Å²) in [5.74, 6) is 0.579. The molecule has 0 saturated carbocycles. The van der Waals surface area contributed by atoms with Gasteiger partial charge >= 0.3 is 0 Å².